The van der Waals surface area contributed by atoms with Crippen molar-refractivity contribution in [1.82, 2.24) is 0 Å². The Labute approximate surface area is 295 Å². The van der Waals surface area contributed by atoms with Gasteiger partial charge in [0.2, 0.25) is 0 Å². The van der Waals surface area contributed by atoms with E-state index in [0.717, 1.165) is 33.1 Å². The lowest BCUT2D eigenvalue weighted by Crippen LogP contribution is -2.11. The molecule has 0 saturated carbocycles. The summed E-state index contributed by atoms with van der Waals surface area (Å²) in [6, 6.07) is 51.1. The molecule has 0 aliphatic heterocycles. The molecule has 0 fully saturated rings. The molecule has 0 amide bonds. The fourth-order valence-electron chi connectivity index (χ4n) is 8.76. The van der Waals surface area contributed by atoms with Crippen LogP contribution in [0.15, 0.2) is 186 Å². The lowest BCUT2D eigenvalue weighted by atomic mass is 9.78. The van der Waals surface area contributed by atoms with Crippen LogP contribution in [0, 0.1) is 11.8 Å². The van der Waals surface area contributed by atoms with Crippen molar-refractivity contribution < 1.29 is 4.42 Å². The minimum Gasteiger partial charge on any atom is -0.455 e. The maximum Gasteiger partial charge on any atom is 0.143 e. The van der Waals surface area contributed by atoms with Gasteiger partial charge in [-0.3, -0.25) is 0 Å². The molecule has 1 heterocycles. The first kappa shape index (κ1) is 28.4. The van der Waals surface area contributed by atoms with Crippen molar-refractivity contribution in [2.75, 3.05) is 0 Å². The summed E-state index contributed by atoms with van der Waals surface area (Å²) in [7, 11) is 0. The highest BCUT2D eigenvalue weighted by Crippen LogP contribution is 2.47. The minimum atomic E-state index is 0.334. The Balaban J connectivity index is 1.27. The van der Waals surface area contributed by atoms with E-state index in [0.29, 0.717) is 11.8 Å². The lowest BCUT2D eigenvalue weighted by molar-refractivity contribution is 0.663. The summed E-state index contributed by atoms with van der Waals surface area (Å²) in [5.41, 5.74) is 9.20. The van der Waals surface area contributed by atoms with Crippen LogP contribution in [0.5, 0.6) is 0 Å². The second-order valence-corrected chi connectivity index (χ2v) is 14.0. The van der Waals surface area contributed by atoms with E-state index in [1.54, 1.807) is 0 Å². The second-order valence-electron chi connectivity index (χ2n) is 14.0. The molecule has 238 valence electrons. The number of rotatable bonds is 3. The van der Waals surface area contributed by atoms with Gasteiger partial charge in [0, 0.05) is 28.2 Å². The van der Waals surface area contributed by atoms with Gasteiger partial charge < -0.3 is 4.42 Å². The van der Waals surface area contributed by atoms with E-state index in [9.17, 15) is 0 Å². The molecule has 0 bridgehead atoms. The molecule has 2 aliphatic rings. The van der Waals surface area contributed by atoms with Crippen LogP contribution in [-0.2, 0) is 0 Å². The Morgan fingerprint density at radius 1 is 0.392 bits per heavy atom. The van der Waals surface area contributed by atoms with Gasteiger partial charge in [0.05, 0.1) is 0 Å². The van der Waals surface area contributed by atoms with Crippen molar-refractivity contribution in [3.63, 3.8) is 0 Å². The molecule has 8 aromatic carbocycles. The predicted octanol–water partition coefficient (Wildman–Crippen LogP) is 13.8. The molecule has 0 radical (unpaired) electrons. The van der Waals surface area contributed by atoms with Gasteiger partial charge in [-0.2, -0.15) is 0 Å². The van der Waals surface area contributed by atoms with Crippen molar-refractivity contribution in [2.45, 2.75) is 0 Å². The van der Waals surface area contributed by atoms with E-state index >= 15 is 0 Å². The number of hydrogen-bond donors (Lipinski definition) is 0. The number of fused-ring (bicyclic) bond motifs is 8. The Bertz CT molecular complexity index is 3040. The SMILES string of the molecule is C1=CC2C=CC(c3c4ccccc4c(-c4ccc5ccccc5c4)c4ccc(-c5c6ccccc6cc6c5oc5ccccc56)cc34)=CC2C=C1. The van der Waals surface area contributed by atoms with Crippen LogP contribution in [0.1, 0.15) is 5.56 Å². The molecular formula is C50H32O. The first-order chi connectivity index (χ1) is 25.3. The van der Waals surface area contributed by atoms with E-state index in [1.165, 1.54) is 65.4 Å². The normalized spacial score (nSPS) is 16.9. The smallest absolute Gasteiger partial charge is 0.143 e. The van der Waals surface area contributed by atoms with Gasteiger partial charge in [-0.25, -0.2) is 0 Å². The average molecular weight is 649 g/mol. The van der Waals surface area contributed by atoms with Crippen LogP contribution in [0.2, 0.25) is 0 Å². The van der Waals surface area contributed by atoms with Gasteiger partial charge in [-0.05, 0) is 95.2 Å². The lowest BCUT2D eigenvalue weighted by Gasteiger charge is -2.25. The molecule has 0 N–H and O–H groups in total. The zero-order chi connectivity index (χ0) is 33.5. The van der Waals surface area contributed by atoms with E-state index < -0.39 is 0 Å². The summed E-state index contributed by atoms with van der Waals surface area (Å²) < 4.78 is 6.73. The Morgan fingerprint density at radius 2 is 1.04 bits per heavy atom. The number of hydrogen-bond acceptors (Lipinski definition) is 1. The maximum atomic E-state index is 6.73. The van der Waals surface area contributed by atoms with Gasteiger partial charge in [0.1, 0.15) is 11.2 Å². The van der Waals surface area contributed by atoms with E-state index in [4.69, 9.17) is 4.42 Å². The highest BCUT2D eigenvalue weighted by molar-refractivity contribution is 6.23. The van der Waals surface area contributed by atoms with Crippen LogP contribution in [-0.4, -0.2) is 0 Å². The molecule has 0 spiro atoms. The topological polar surface area (TPSA) is 13.1 Å². The molecule has 2 unspecified atom stereocenters. The fraction of sp³-hybridized carbons (Fsp3) is 0.0400. The van der Waals surface area contributed by atoms with Gasteiger partial charge >= 0.3 is 0 Å². The Hall–Kier alpha value is -6.44. The van der Waals surface area contributed by atoms with Crippen molar-refractivity contribution in [3.8, 4) is 22.3 Å². The van der Waals surface area contributed by atoms with E-state index in [-0.39, 0.29) is 0 Å². The summed E-state index contributed by atoms with van der Waals surface area (Å²) in [5.74, 6) is 0.723. The number of para-hydroxylation sites is 1. The standard InChI is InChI=1S/C50H32O/c1-3-13-33-27-36(23-21-31(33)11-1)47-41-18-7-8-19-42(41)48(37-24-22-32-12-2-4-14-34(32)28-37)44-30-38(25-26-43(44)47)49-39-16-6-5-15-35(39)29-45-40-17-9-10-20-46(40)51-50(45)49/h1-30,32,34H. The zero-order valence-corrected chi connectivity index (χ0v) is 27.9. The molecular weight excluding hydrogens is 617 g/mol. The first-order valence-electron chi connectivity index (χ1n) is 17.8. The third kappa shape index (κ3) is 4.35. The highest BCUT2D eigenvalue weighted by Gasteiger charge is 2.24. The van der Waals surface area contributed by atoms with Crippen molar-refractivity contribution in [1.29, 1.82) is 0 Å². The van der Waals surface area contributed by atoms with Crippen LogP contribution < -0.4 is 0 Å². The van der Waals surface area contributed by atoms with Crippen LogP contribution in [0.25, 0.3) is 92.9 Å². The van der Waals surface area contributed by atoms with Crippen LogP contribution >= 0.6 is 0 Å². The minimum absolute atomic E-state index is 0.334. The zero-order valence-electron chi connectivity index (χ0n) is 27.9. The third-order valence-corrected chi connectivity index (χ3v) is 11.1. The van der Waals surface area contributed by atoms with E-state index in [1.807, 2.05) is 0 Å². The van der Waals surface area contributed by atoms with Gasteiger partial charge in [-0.1, -0.05) is 158 Å². The molecule has 11 rings (SSSR count). The molecule has 1 aromatic heterocycles. The summed E-state index contributed by atoms with van der Waals surface area (Å²) in [6.07, 6.45) is 16.2. The molecule has 0 saturated heterocycles. The molecule has 1 heteroatoms. The number of furan rings is 1. The number of benzene rings is 8. The molecule has 1 nitrogen and oxygen atoms in total. The number of allylic oxidation sites excluding steroid dienone is 8. The van der Waals surface area contributed by atoms with Crippen molar-refractivity contribution in [2.24, 2.45) is 11.8 Å². The maximum absolute atomic E-state index is 6.73. The van der Waals surface area contributed by atoms with Crippen molar-refractivity contribution in [3.05, 3.63) is 188 Å². The largest absolute Gasteiger partial charge is 0.455 e. The van der Waals surface area contributed by atoms with Gasteiger partial charge in [0.25, 0.3) is 0 Å². The van der Waals surface area contributed by atoms with Crippen molar-refractivity contribution >= 4 is 70.6 Å². The van der Waals surface area contributed by atoms with Gasteiger partial charge in [0.15, 0.2) is 0 Å². The van der Waals surface area contributed by atoms with E-state index in [2.05, 4.69) is 182 Å². The molecule has 2 atom stereocenters. The van der Waals surface area contributed by atoms with Crippen LogP contribution in [0.4, 0.5) is 0 Å². The highest BCUT2D eigenvalue weighted by atomic mass is 16.3. The second kappa shape index (κ2) is 11.0. The Kier molecular flexibility index (Phi) is 6.15. The summed E-state index contributed by atoms with van der Waals surface area (Å²) in [6.45, 7) is 0. The third-order valence-electron chi connectivity index (χ3n) is 11.1. The predicted molar refractivity (Wildman–Crippen MR) is 217 cm³/mol. The van der Waals surface area contributed by atoms with Gasteiger partial charge in [-0.15, -0.1) is 0 Å². The quantitative estimate of drug-likeness (QED) is 0.174. The average Bonchev–Trinajstić information content (AvgIpc) is 3.56. The summed E-state index contributed by atoms with van der Waals surface area (Å²) in [5, 5.41) is 12.2. The monoisotopic (exact) mass is 648 g/mol. The van der Waals surface area contributed by atoms with Crippen LogP contribution in [0.3, 0.4) is 0 Å². The summed E-state index contributed by atoms with van der Waals surface area (Å²) in [4.78, 5) is 0. The molecule has 51 heavy (non-hydrogen) atoms. The molecule has 2 aliphatic carbocycles. The summed E-state index contributed by atoms with van der Waals surface area (Å²) >= 11 is 0. The molecule has 9 aromatic rings. The first-order valence-corrected chi connectivity index (χ1v) is 17.8. The fourth-order valence-corrected chi connectivity index (χ4v) is 8.76. The Morgan fingerprint density at radius 3 is 1.90 bits per heavy atom.